The molecule has 3 heteroatoms. The first-order valence-electron chi connectivity index (χ1n) is 2.48. The Morgan fingerprint density at radius 3 is 2.88 bits per heavy atom. The summed E-state index contributed by atoms with van der Waals surface area (Å²) in [5.41, 5.74) is 0. The first-order chi connectivity index (χ1) is 3.81. The van der Waals surface area contributed by atoms with Gasteiger partial charge in [-0.15, -0.1) is 0 Å². The molecule has 0 bridgehead atoms. The number of nitriles is 1. The molecule has 0 aromatic heterocycles. The zero-order valence-corrected chi connectivity index (χ0v) is 4.79. The van der Waals surface area contributed by atoms with Gasteiger partial charge in [0.15, 0.2) is 6.29 Å². The highest BCUT2D eigenvalue weighted by molar-refractivity contribution is 4.69. The summed E-state index contributed by atoms with van der Waals surface area (Å²) < 4.78 is 4.62. The van der Waals surface area contributed by atoms with Crippen LogP contribution in [0.1, 0.15) is 13.3 Å². The van der Waals surface area contributed by atoms with Gasteiger partial charge < -0.3 is 9.84 Å². The fraction of sp³-hybridized carbons (Fsp3) is 0.800. The topological polar surface area (TPSA) is 53.2 Å². The summed E-state index contributed by atoms with van der Waals surface area (Å²) in [5.74, 6) is 0. The molecule has 0 radical (unpaired) electrons. The van der Waals surface area contributed by atoms with Crippen molar-refractivity contribution >= 4 is 0 Å². The van der Waals surface area contributed by atoms with Crippen LogP contribution in [0.25, 0.3) is 0 Å². The molecule has 1 N–H and O–H groups in total. The van der Waals surface area contributed by atoms with Gasteiger partial charge in [-0.1, -0.05) is 0 Å². The monoisotopic (exact) mass is 115 g/mol. The number of hydrogen-bond donors (Lipinski definition) is 1. The lowest BCUT2D eigenvalue weighted by atomic mass is 10.5. The molecule has 0 saturated heterocycles. The molecule has 0 saturated carbocycles. The maximum absolute atomic E-state index is 8.60. The van der Waals surface area contributed by atoms with Crippen molar-refractivity contribution in [2.24, 2.45) is 0 Å². The van der Waals surface area contributed by atoms with Crippen LogP contribution in [-0.2, 0) is 4.74 Å². The molecule has 1 unspecified atom stereocenters. The van der Waals surface area contributed by atoms with Gasteiger partial charge in [0.1, 0.15) is 0 Å². The zero-order chi connectivity index (χ0) is 6.41. The minimum atomic E-state index is -0.898. The average molecular weight is 115 g/mol. The van der Waals surface area contributed by atoms with E-state index >= 15 is 0 Å². The van der Waals surface area contributed by atoms with E-state index < -0.39 is 6.29 Å². The predicted octanol–water partition coefficient (Wildman–Crippen LogP) is 0.255. The lowest BCUT2D eigenvalue weighted by Crippen LogP contribution is -2.09. The second-order valence-corrected chi connectivity index (χ2v) is 1.27. The zero-order valence-electron chi connectivity index (χ0n) is 4.79. The summed E-state index contributed by atoms with van der Waals surface area (Å²) in [6.45, 7) is 2.21. The molecular formula is C5H9NO2. The van der Waals surface area contributed by atoms with Crippen LogP contribution in [0, 0.1) is 11.3 Å². The van der Waals surface area contributed by atoms with Gasteiger partial charge in [-0.25, -0.2) is 0 Å². The first kappa shape index (κ1) is 7.41. The van der Waals surface area contributed by atoms with Crippen molar-refractivity contribution < 1.29 is 9.84 Å². The van der Waals surface area contributed by atoms with Gasteiger partial charge in [-0.3, -0.25) is 0 Å². The average Bonchev–Trinajstić information content (AvgIpc) is 1.68. The van der Waals surface area contributed by atoms with Crippen LogP contribution in [-0.4, -0.2) is 18.0 Å². The van der Waals surface area contributed by atoms with Crippen molar-refractivity contribution in [1.82, 2.24) is 0 Å². The third-order valence-electron chi connectivity index (χ3n) is 0.625. The third kappa shape index (κ3) is 3.59. The van der Waals surface area contributed by atoms with Crippen molar-refractivity contribution in [1.29, 1.82) is 5.26 Å². The first-order valence-corrected chi connectivity index (χ1v) is 2.48. The Morgan fingerprint density at radius 1 is 1.88 bits per heavy atom. The number of aliphatic hydroxyl groups is 1. The summed E-state index contributed by atoms with van der Waals surface area (Å²) in [4.78, 5) is 0. The minimum Gasteiger partial charge on any atom is -0.367 e. The molecule has 0 aliphatic carbocycles. The normalized spacial score (nSPS) is 12.6. The van der Waals surface area contributed by atoms with E-state index in [2.05, 4.69) is 4.74 Å². The molecule has 0 aromatic rings. The van der Waals surface area contributed by atoms with E-state index in [1.807, 2.05) is 0 Å². The van der Waals surface area contributed by atoms with E-state index in [-0.39, 0.29) is 6.42 Å². The van der Waals surface area contributed by atoms with Crippen LogP contribution >= 0.6 is 0 Å². The molecular weight excluding hydrogens is 106 g/mol. The summed E-state index contributed by atoms with van der Waals surface area (Å²) in [6, 6.07) is 1.78. The quantitative estimate of drug-likeness (QED) is 0.536. The highest BCUT2D eigenvalue weighted by Gasteiger charge is 1.97. The molecule has 1 atom stereocenters. The van der Waals surface area contributed by atoms with Crippen LogP contribution in [0.3, 0.4) is 0 Å². The van der Waals surface area contributed by atoms with E-state index in [1.54, 1.807) is 13.0 Å². The molecule has 8 heavy (non-hydrogen) atoms. The molecule has 0 amide bonds. The van der Waals surface area contributed by atoms with E-state index in [1.165, 1.54) is 0 Å². The smallest absolute Gasteiger partial charge is 0.167 e. The molecule has 0 rings (SSSR count). The number of rotatable bonds is 3. The Kier molecular flexibility index (Phi) is 4.23. The minimum absolute atomic E-state index is 0.0494. The number of ether oxygens (including phenoxy) is 1. The molecule has 3 nitrogen and oxygen atoms in total. The lowest BCUT2D eigenvalue weighted by molar-refractivity contribution is -0.0899. The Bertz CT molecular complexity index is 86.9. The SMILES string of the molecule is CCOC(O)CC#N. The number of nitrogens with zero attached hydrogens (tertiary/aromatic N) is 1. The summed E-state index contributed by atoms with van der Waals surface area (Å²) in [6.07, 6.45) is -0.849. The van der Waals surface area contributed by atoms with Gasteiger partial charge in [0, 0.05) is 6.61 Å². The van der Waals surface area contributed by atoms with Crippen molar-refractivity contribution in [3.05, 3.63) is 0 Å². The second-order valence-electron chi connectivity index (χ2n) is 1.27. The number of hydrogen-bond acceptors (Lipinski definition) is 3. The summed E-state index contributed by atoms with van der Waals surface area (Å²) >= 11 is 0. The largest absolute Gasteiger partial charge is 0.367 e. The van der Waals surface area contributed by atoms with Crippen LogP contribution in [0.5, 0.6) is 0 Å². The van der Waals surface area contributed by atoms with Gasteiger partial charge >= 0.3 is 0 Å². The van der Waals surface area contributed by atoms with Gasteiger partial charge in [-0.2, -0.15) is 5.26 Å². The second kappa shape index (κ2) is 4.57. The molecule has 0 aliphatic heterocycles. The molecule has 0 aliphatic rings. The van der Waals surface area contributed by atoms with Gasteiger partial charge in [0.05, 0.1) is 12.5 Å². The Morgan fingerprint density at radius 2 is 2.50 bits per heavy atom. The lowest BCUT2D eigenvalue weighted by Gasteiger charge is -2.03. The Balaban J connectivity index is 3.08. The van der Waals surface area contributed by atoms with Crippen LogP contribution < -0.4 is 0 Å². The van der Waals surface area contributed by atoms with E-state index in [9.17, 15) is 0 Å². The fourth-order valence-corrected chi connectivity index (χ4v) is 0.329. The maximum Gasteiger partial charge on any atom is 0.167 e. The molecule has 0 fully saturated rings. The summed E-state index contributed by atoms with van der Waals surface area (Å²) in [5, 5.41) is 16.6. The van der Waals surface area contributed by atoms with Crippen molar-refractivity contribution in [3.63, 3.8) is 0 Å². The molecule has 0 spiro atoms. The van der Waals surface area contributed by atoms with Gasteiger partial charge in [0.2, 0.25) is 0 Å². The van der Waals surface area contributed by atoms with Crippen molar-refractivity contribution in [2.45, 2.75) is 19.6 Å². The molecule has 46 valence electrons. The highest BCUT2D eigenvalue weighted by atomic mass is 16.6. The highest BCUT2D eigenvalue weighted by Crippen LogP contribution is 1.89. The molecule has 0 aromatic carbocycles. The van der Waals surface area contributed by atoms with E-state index in [4.69, 9.17) is 10.4 Å². The van der Waals surface area contributed by atoms with E-state index in [0.717, 1.165) is 0 Å². The van der Waals surface area contributed by atoms with Crippen LogP contribution in [0.4, 0.5) is 0 Å². The standard InChI is InChI=1S/C5H9NO2/c1-2-8-5(7)3-4-6/h5,7H,2-3H2,1H3. The maximum atomic E-state index is 8.60. The van der Waals surface area contributed by atoms with Gasteiger partial charge in [-0.05, 0) is 6.92 Å². The number of aliphatic hydroxyl groups excluding tert-OH is 1. The van der Waals surface area contributed by atoms with Crippen molar-refractivity contribution in [3.8, 4) is 6.07 Å². The van der Waals surface area contributed by atoms with E-state index in [0.29, 0.717) is 6.61 Å². The van der Waals surface area contributed by atoms with Crippen molar-refractivity contribution in [2.75, 3.05) is 6.61 Å². The Labute approximate surface area is 48.5 Å². The van der Waals surface area contributed by atoms with Crippen LogP contribution in [0.2, 0.25) is 0 Å². The molecule has 0 heterocycles. The third-order valence-corrected chi connectivity index (χ3v) is 0.625. The fourth-order valence-electron chi connectivity index (χ4n) is 0.329. The summed E-state index contributed by atoms with van der Waals surface area (Å²) in [7, 11) is 0. The van der Waals surface area contributed by atoms with Gasteiger partial charge in [0.25, 0.3) is 0 Å². The van der Waals surface area contributed by atoms with Crippen LogP contribution in [0.15, 0.2) is 0 Å². The Hall–Kier alpha value is -0.590. The predicted molar refractivity (Wildman–Crippen MR) is 27.9 cm³/mol.